The number of rotatable bonds is 11. The average molecular weight is 796 g/mol. The van der Waals surface area contributed by atoms with Crippen LogP contribution in [0, 0.1) is 27.6 Å². The number of amides is 5. The van der Waals surface area contributed by atoms with Gasteiger partial charge in [-0.15, -0.1) is 0 Å². The molecule has 3 fully saturated rings. The van der Waals surface area contributed by atoms with Gasteiger partial charge in [-0.2, -0.15) is 5.10 Å². The molecule has 5 unspecified atom stereocenters. The highest BCUT2D eigenvalue weighted by Gasteiger charge is 2.96. The summed E-state index contributed by atoms with van der Waals surface area (Å²) in [4.78, 5) is 60.5. The largest absolute Gasteiger partial charge is 0.493 e. The number of aromatic nitrogens is 3. The molecule has 2 saturated carbocycles. The van der Waals surface area contributed by atoms with E-state index in [1.54, 1.807) is 17.9 Å². The number of carbonyl (C=O) groups excluding carboxylic acids is 4. The van der Waals surface area contributed by atoms with Gasteiger partial charge in [0.1, 0.15) is 11.6 Å². The third kappa shape index (κ3) is 5.77. The first-order valence-corrected chi connectivity index (χ1v) is 20.4. The van der Waals surface area contributed by atoms with Crippen molar-refractivity contribution in [3.8, 4) is 11.4 Å². The second-order valence-electron chi connectivity index (χ2n) is 18.1. The minimum absolute atomic E-state index is 0.0333. The Balaban J connectivity index is 0.973. The summed E-state index contributed by atoms with van der Waals surface area (Å²) in [6.45, 7) is 14.8. The van der Waals surface area contributed by atoms with E-state index < -0.39 is 27.7 Å². The van der Waals surface area contributed by atoms with Gasteiger partial charge in [0.2, 0.25) is 17.7 Å². The number of ether oxygens (including phenoxy) is 1. The molecule has 3 aliphatic rings. The van der Waals surface area contributed by atoms with E-state index in [2.05, 4.69) is 55.6 Å². The molecule has 306 valence electrons. The Morgan fingerprint density at radius 2 is 1.63 bits per heavy atom. The smallest absolute Gasteiger partial charge is 0.324 e. The number of nitrogens with zero attached hydrogens (tertiary/aromatic N) is 4. The van der Waals surface area contributed by atoms with Gasteiger partial charge >= 0.3 is 6.03 Å². The number of anilines is 2. The van der Waals surface area contributed by atoms with Gasteiger partial charge in [0.05, 0.1) is 39.9 Å². The molecule has 5 aromatic rings. The molecule has 2 aliphatic carbocycles. The Morgan fingerprint density at radius 1 is 0.898 bits per heavy atom. The van der Waals surface area contributed by atoms with Crippen molar-refractivity contribution in [1.82, 2.24) is 25.0 Å². The number of pyridine rings is 1. The highest BCUT2D eigenvalue weighted by molar-refractivity contribution is 6.15. The van der Waals surface area contributed by atoms with Crippen LogP contribution in [0.15, 0.2) is 91.3 Å². The summed E-state index contributed by atoms with van der Waals surface area (Å²) >= 11 is 0. The lowest BCUT2D eigenvalue weighted by Gasteiger charge is -2.82. The monoisotopic (exact) mass is 795 g/mol. The quantitative estimate of drug-likeness (QED) is 0.115. The maximum atomic E-state index is 14.2. The normalized spacial score (nSPS) is 25.8. The summed E-state index contributed by atoms with van der Waals surface area (Å²) in [7, 11) is 1.55. The van der Waals surface area contributed by atoms with Crippen LogP contribution in [0.25, 0.3) is 16.5 Å². The van der Waals surface area contributed by atoms with E-state index >= 15 is 0 Å². The third-order valence-electron chi connectivity index (χ3n) is 13.8. The predicted molar refractivity (Wildman–Crippen MR) is 227 cm³/mol. The Morgan fingerprint density at radius 3 is 2.29 bits per heavy atom. The molecule has 8 rings (SSSR count). The van der Waals surface area contributed by atoms with Crippen molar-refractivity contribution in [1.29, 1.82) is 0 Å². The number of nitrogens with one attached hydrogen (secondary N) is 3. The molecular formula is C47H53N7O5. The molecular weight excluding hydrogens is 743 g/mol. The average Bonchev–Trinajstić information content (AvgIpc) is 3.69. The summed E-state index contributed by atoms with van der Waals surface area (Å²) in [6, 6.07) is 24.5. The topological polar surface area (TPSA) is 148 Å². The third-order valence-corrected chi connectivity index (χ3v) is 13.8. The number of benzene rings is 3. The number of urea groups is 1. The number of imide groups is 1. The molecule has 5 atom stereocenters. The van der Waals surface area contributed by atoms with Crippen molar-refractivity contribution >= 4 is 46.0 Å². The first kappa shape index (κ1) is 39.8. The highest BCUT2D eigenvalue weighted by atomic mass is 16.5. The Kier molecular flexibility index (Phi) is 9.48. The van der Waals surface area contributed by atoms with Gasteiger partial charge in [-0.25, -0.2) is 9.48 Å². The summed E-state index contributed by atoms with van der Waals surface area (Å²) in [5, 5.41) is 15.8. The number of hydrogen-bond donors (Lipinski definition) is 3. The van der Waals surface area contributed by atoms with Gasteiger partial charge in [-0.05, 0) is 73.1 Å². The zero-order valence-electron chi connectivity index (χ0n) is 35.1. The molecule has 1 spiro atoms. The van der Waals surface area contributed by atoms with E-state index in [9.17, 15) is 19.2 Å². The van der Waals surface area contributed by atoms with Crippen LogP contribution in [-0.4, -0.2) is 57.1 Å². The SMILES string of the molecule is CCC1C2(C)CC3(C)C(=O)N(C)C(=O)C32C1(C)C(=O)NCc1ccc(-n2nc(C(C)(C)C)cc2NC(=O)Nc2ccc(OCCc3cccnc3)c3ccccc23)cc1. The van der Waals surface area contributed by atoms with Crippen LogP contribution in [0.1, 0.15) is 78.1 Å². The summed E-state index contributed by atoms with van der Waals surface area (Å²) < 4.78 is 7.88. The lowest BCUT2D eigenvalue weighted by atomic mass is 9.17. The van der Waals surface area contributed by atoms with E-state index in [0.29, 0.717) is 24.5 Å². The molecule has 0 bridgehead atoms. The number of likely N-dealkylation sites (tertiary alicyclic amines) is 1. The van der Waals surface area contributed by atoms with Crippen LogP contribution in [0.4, 0.5) is 16.3 Å². The van der Waals surface area contributed by atoms with Crippen molar-refractivity contribution in [2.24, 2.45) is 27.6 Å². The molecule has 3 aromatic carbocycles. The van der Waals surface area contributed by atoms with E-state index in [1.807, 2.05) is 98.9 Å². The van der Waals surface area contributed by atoms with Gasteiger partial charge in [0, 0.05) is 54.7 Å². The van der Waals surface area contributed by atoms with Crippen LogP contribution >= 0.6 is 0 Å². The number of hydrogen-bond acceptors (Lipinski definition) is 7. The molecule has 59 heavy (non-hydrogen) atoms. The van der Waals surface area contributed by atoms with E-state index in [0.717, 1.165) is 51.9 Å². The molecule has 2 aromatic heterocycles. The Labute approximate surface area is 345 Å². The van der Waals surface area contributed by atoms with Crippen molar-refractivity contribution in [3.05, 3.63) is 108 Å². The van der Waals surface area contributed by atoms with Gasteiger partial charge in [-0.1, -0.05) is 83.5 Å². The van der Waals surface area contributed by atoms with Crippen molar-refractivity contribution in [2.45, 2.75) is 79.7 Å². The fourth-order valence-electron chi connectivity index (χ4n) is 11.5. The van der Waals surface area contributed by atoms with Crippen molar-refractivity contribution in [3.63, 3.8) is 0 Å². The standard InChI is InChI=1S/C47H53N7O5/c1-9-36-44(5)28-45(6)40(56)53(8)41(57)47(44,45)46(36,7)39(55)49-27-30-16-18-31(19-17-30)54-38(25-37(52-54)43(2,3)4)51-42(58)50-34-20-21-35(33-15-11-10-14-32(33)34)59-24-22-29-13-12-23-48-26-29/h10-21,23,25-26,36H,9,22,24,27-28H2,1-8H3,(H,49,55)(H2,50,51,58). The Hall–Kier alpha value is -6.04. The summed E-state index contributed by atoms with van der Waals surface area (Å²) in [6.07, 6.45) is 5.65. The van der Waals surface area contributed by atoms with Gasteiger partial charge in [0.25, 0.3) is 0 Å². The van der Waals surface area contributed by atoms with Crippen LogP contribution < -0.4 is 20.7 Å². The fourth-order valence-corrected chi connectivity index (χ4v) is 11.5. The Bertz CT molecular complexity index is 2490. The molecule has 3 N–H and O–H groups in total. The molecule has 12 heteroatoms. The molecule has 5 amide bonds. The zero-order chi connectivity index (χ0) is 42.1. The lowest BCUT2D eigenvalue weighted by molar-refractivity contribution is -0.345. The van der Waals surface area contributed by atoms with Crippen molar-refractivity contribution < 1.29 is 23.9 Å². The first-order valence-electron chi connectivity index (χ1n) is 20.4. The van der Waals surface area contributed by atoms with E-state index in [4.69, 9.17) is 9.84 Å². The van der Waals surface area contributed by atoms with Gasteiger partial charge < -0.3 is 15.4 Å². The molecule has 3 heterocycles. The second-order valence-corrected chi connectivity index (χ2v) is 18.1. The first-order chi connectivity index (χ1) is 28.0. The van der Waals surface area contributed by atoms with Crippen LogP contribution in [0.5, 0.6) is 5.75 Å². The second kappa shape index (κ2) is 14.1. The summed E-state index contributed by atoms with van der Waals surface area (Å²) in [5.41, 5.74) is 0.417. The maximum absolute atomic E-state index is 14.2. The minimum atomic E-state index is -1.06. The van der Waals surface area contributed by atoms with E-state index in [1.165, 1.54) is 4.90 Å². The fraction of sp³-hybridized carbons (Fsp3) is 0.404. The number of carbonyl (C=O) groups is 4. The molecule has 1 saturated heterocycles. The van der Waals surface area contributed by atoms with Gasteiger partial charge in [0.15, 0.2) is 0 Å². The molecule has 1 aliphatic heterocycles. The van der Waals surface area contributed by atoms with Crippen LogP contribution in [0.3, 0.4) is 0 Å². The van der Waals surface area contributed by atoms with E-state index in [-0.39, 0.29) is 35.6 Å². The highest BCUT2D eigenvalue weighted by Crippen LogP contribution is 2.90. The lowest BCUT2D eigenvalue weighted by Crippen LogP contribution is -2.87. The van der Waals surface area contributed by atoms with Crippen molar-refractivity contribution in [2.75, 3.05) is 24.3 Å². The van der Waals surface area contributed by atoms with Gasteiger partial charge in [-0.3, -0.25) is 29.6 Å². The predicted octanol–water partition coefficient (Wildman–Crippen LogP) is 8.05. The minimum Gasteiger partial charge on any atom is -0.493 e. The molecule has 0 radical (unpaired) electrons. The zero-order valence-corrected chi connectivity index (χ0v) is 35.1. The molecule has 12 nitrogen and oxygen atoms in total. The summed E-state index contributed by atoms with van der Waals surface area (Å²) in [5.74, 6) is 0.554. The van der Waals surface area contributed by atoms with Crippen LogP contribution in [-0.2, 0) is 32.8 Å². The van der Waals surface area contributed by atoms with Crippen LogP contribution in [0.2, 0.25) is 0 Å². The maximum Gasteiger partial charge on any atom is 0.324 e. The number of fused-ring (bicyclic) bond motifs is 1.